The van der Waals surface area contributed by atoms with Gasteiger partial charge >= 0.3 is 0 Å². The van der Waals surface area contributed by atoms with E-state index in [9.17, 15) is 0 Å². The molecule has 172 valence electrons. The minimum absolute atomic E-state index is 0.163. The van der Waals surface area contributed by atoms with Crippen molar-refractivity contribution in [1.29, 1.82) is 0 Å². The number of methoxy groups -OCH3 is 2. The highest BCUT2D eigenvalue weighted by Gasteiger charge is 2.30. The Hall–Kier alpha value is -3.41. The molecule has 1 aromatic heterocycles. The average Bonchev–Trinajstić information content (AvgIpc) is 3.16. The van der Waals surface area contributed by atoms with Crippen LogP contribution in [0, 0.1) is 0 Å². The van der Waals surface area contributed by atoms with Gasteiger partial charge in [0.05, 0.1) is 25.6 Å². The standard InChI is InChI=1S/C27H31N3O3/c1-27(2)18-20-17-19(5-11-24(20)33-27)26-23(10-12-25(28-26)32-4)30-15-13-29(14-16-30)21-6-8-22(31-3)9-7-21/h5-12,17H,13-16,18H2,1-4H3. The third-order valence-corrected chi connectivity index (χ3v) is 6.45. The van der Waals surface area contributed by atoms with Crippen molar-refractivity contribution in [1.82, 2.24) is 4.98 Å². The van der Waals surface area contributed by atoms with Crippen LogP contribution in [0.25, 0.3) is 11.3 Å². The average molecular weight is 446 g/mol. The number of piperazine rings is 1. The van der Waals surface area contributed by atoms with Crippen LogP contribution in [0.4, 0.5) is 11.4 Å². The first-order chi connectivity index (χ1) is 16.0. The molecule has 1 fully saturated rings. The fraction of sp³-hybridized carbons (Fsp3) is 0.370. The molecule has 0 aliphatic carbocycles. The molecule has 0 bridgehead atoms. The van der Waals surface area contributed by atoms with Gasteiger partial charge in [0.2, 0.25) is 5.88 Å². The number of pyridine rings is 1. The molecule has 2 aliphatic rings. The third kappa shape index (κ3) is 4.30. The van der Waals surface area contributed by atoms with E-state index in [0.29, 0.717) is 5.88 Å². The van der Waals surface area contributed by atoms with Crippen LogP contribution < -0.4 is 24.0 Å². The van der Waals surface area contributed by atoms with Gasteiger partial charge in [-0.2, -0.15) is 0 Å². The lowest BCUT2D eigenvalue weighted by Gasteiger charge is -2.38. The van der Waals surface area contributed by atoms with Gasteiger partial charge in [0, 0.05) is 49.9 Å². The lowest BCUT2D eigenvalue weighted by atomic mass is 9.98. The van der Waals surface area contributed by atoms with Crippen LogP contribution in [0.2, 0.25) is 0 Å². The Labute approximate surface area is 195 Å². The molecular formula is C27H31N3O3. The summed E-state index contributed by atoms with van der Waals surface area (Å²) in [7, 11) is 3.36. The largest absolute Gasteiger partial charge is 0.497 e. The first-order valence-corrected chi connectivity index (χ1v) is 11.5. The van der Waals surface area contributed by atoms with Crippen molar-refractivity contribution in [2.45, 2.75) is 25.9 Å². The van der Waals surface area contributed by atoms with Crippen LogP contribution >= 0.6 is 0 Å². The van der Waals surface area contributed by atoms with Gasteiger partial charge < -0.3 is 24.0 Å². The van der Waals surface area contributed by atoms with Crippen molar-refractivity contribution in [2.24, 2.45) is 0 Å². The maximum absolute atomic E-state index is 6.08. The molecule has 0 spiro atoms. The summed E-state index contributed by atoms with van der Waals surface area (Å²) in [6, 6.07) is 18.8. The lowest BCUT2D eigenvalue weighted by Crippen LogP contribution is -2.46. The molecule has 0 unspecified atom stereocenters. The molecule has 6 heteroatoms. The Morgan fingerprint density at radius 2 is 1.58 bits per heavy atom. The van der Waals surface area contributed by atoms with Crippen LogP contribution in [-0.4, -0.2) is 51.0 Å². The van der Waals surface area contributed by atoms with Crippen molar-refractivity contribution in [3.63, 3.8) is 0 Å². The van der Waals surface area contributed by atoms with E-state index in [1.54, 1.807) is 14.2 Å². The van der Waals surface area contributed by atoms with Gasteiger partial charge in [0.1, 0.15) is 17.1 Å². The summed E-state index contributed by atoms with van der Waals surface area (Å²) in [5, 5.41) is 0. The Kier molecular flexibility index (Phi) is 5.52. The van der Waals surface area contributed by atoms with E-state index >= 15 is 0 Å². The van der Waals surface area contributed by atoms with E-state index < -0.39 is 0 Å². The quantitative estimate of drug-likeness (QED) is 0.562. The van der Waals surface area contributed by atoms with Gasteiger partial charge in [-0.25, -0.2) is 4.98 Å². The monoisotopic (exact) mass is 445 g/mol. The molecule has 3 heterocycles. The molecule has 5 rings (SSSR count). The highest BCUT2D eigenvalue weighted by molar-refractivity contribution is 5.77. The molecule has 0 saturated carbocycles. The second kappa shape index (κ2) is 8.50. The summed E-state index contributed by atoms with van der Waals surface area (Å²) < 4.78 is 16.8. The molecule has 2 aromatic carbocycles. The van der Waals surface area contributed by atoms with Crippen molar-refractivity contribution in [2.75, 3.05) is 50.2 Å². The number of ether oxygens (including phenoxy) is 3. The summed E-state index contributed by atoms with van der Waals surface area (Å²) in [5.74, 6) is 2.48. The maximum atomic E-state index is 6.08. The number of aromatic nitrogens is 1. The number of benzene rings is 2. The molecule has 33 heavy (non-hydrogen) atoms. The second-order valence-corrected chi connectivity index (χ2v) is 9.25. The van der Waals surface area contributed by atoms with E-state index in [2.05, 4.69) is 60.0 Å². The zero-order valence-electron chi connectivity index (χ0n) is 19.8. The molecule has 1 saturated heterocycles. The van der Waals surface area contributed by atoms with Crippen LogP contribution in [0.3, 0.4) is 0 Å². The normalized spacial score (nSPS) is 16.8. The predicted octanol–water partition coefficient (Wildman–Crippen LogP) is 4.81. The van der Waals surface area contributed by atoms with Crippen molar-refractivity contribution in [3.8, 4) is 28.6 Å². The van der Waals surface area contributed by atoms with Crippen molar-refractivity contribution >= 4 is 11.4 Å². The fourth-order valence-corrected chi connectivity index (χ4v) is 4.77. The summed E-state index contributed by atoms with van der Waals surface area (Å²) >= 11 is 0. The van der Waals surface area contributed by atoms with Gasteiger partial charge in [-0.3, -0.25) is 0 Å². The first-order valence-electron chi connectivity index (χ1n) is 11.5. The van der Waals surface area contributed by atoms with E-state index in [4.69, 9.17) is 19.2 Å². The third-order valence-electron chi connectivity index (χ3n) is 6.45. The Morgan fingerprint density at radius 1 is 0.848 bits per heavy atom. The van der Waals surface area contributed by atoms with Crippen LogP contribution in [0.5, 0.6) is 17.4 Å². The molecule has 6 nitrogen and oxygen atoms in total. The topological polar surface area (TPSA) is 47.1 Å². The summed E-state index contributed by atoms with van der Waals surface area (Å²) in [4.78, 5) is 9.71. The minimum Gasteiger partial charge on any atom is -0.497 e. The van der Waals surface area contributed by atoms with E-state index in [-0.39, 0.29) is 5.60 Å². The van der Waals surface area contributed by atoms with Gasteiger partial charge in [-0.05, 0) is 67.9 Å². The van der Waals surface area contributed by atoms with Crippen molar-refractivity contribution in [3.05, 3.63) is 60.2 Å². The van der Waals surface area contributed by atoms with E-state index in [1.807, 2.05) is 18.2 Å². The summed E-state index contributed by atoms with van der Waals surface area (Å²) in [6.07, 6.45) is 0.899. The molecule has 0 N–H and O–H groups in total. The number of fused-ring (bicyclic) bond motifs is 1. The van der Waals surface area contributed by atoms with Gasteiger partial charge in [-0.15, -0.1) is 0 Å². The Morgan fingerprint density at radius 3 is 2.27 bits per heavy atom. The maximum Gasteiger partial charge on any atom is 0.213 e. The Balaban J connectivity index is 1.40. The highest BCUT2D eigenvalue weighted by Crippen LogP contribution is 2.39. The van der Waals surface area contributed by atoms with E-state index in [0.717, 1.165) is 61.0 Å². The second-order valence-electron chi connectivity index (χ2n) is 9.25. The predicted molar refractivity (Wildman–Crippen MR) is 132 cm³/mol. The lowest BCUT2D eigenvalue weighted by molar-refractivity contribution is 0.138. The van der Waals surface area contributed by atoms with Gasteiger partial charge in [0.25, 0.3) is 0 Å². The zero-order valence-corrected chi connectivity index (χ0v) is 19.8. The van der Waals surface area contributed by atoms with Gasteiger partial charge in [0.15, 0.2) is 0 Å². The molecule has 2 aliphatic heterocycles. The summed E-state index contributed by atoms with van der Waals surface area (Å²) in [6.45, 7) is 8.00. The molecular weight excluding hydrogens is 414 g/mol. The van der Waals surface area contributed by atoms with E-state index in [1.165, 1.54) is 11.3 Å². The number of nitrogens with zero attached hydrogens (tertiary/aromatic N) is 3. The molecule has 0 radical (unpaired) electrons. The van der Waals surface area contributed by atoms with Crippen molar-refractivity contribution < 1.29 is 14.2 Å². The van der Waals surface area contributed by atoms with Crippen LogP contribution in [0.15, 0.2) is 54.6 Å². The fourth-order valence-electron chi connectivity index (χ4n) is 4.77. The number of hydrogen-bond acceptors (Lipinski definition) is 6. The molecule has 3 aromatic rings. The number of rotatable bonds is 5. The van der Waals surface area contributed by atoms with Gasteiger partial charge in [-0.1, -0.05) is 0 Å². The van der Waals surface area contributed by atoms with Crippen LogP contribution in [0.1, 0.15) is 19.4 Å². The number of hydrogen-bond donors (Lipinski definition) is 0. The highest BCUT2D eigenvalue weighted by atomic mass is 16.5. The zero-order chi connectivity index (χ0) is 23.0. The molecule has 0 atom stereocenters. The molecule has 0 amide bonds. The minimum atomic E-state index is -0.163. The van der Waals surface area contributed by atoms with Crippen LogP contribution in [-0.2, 0) is 6.42 Å². The summed E-state index contributed by atoms with van der Waals surface area (Å²) in [5.41, 5.74) is 5.50. The Bertz CT molecular complexity index is 1140. The number of anilines is 2. The SMILES string of the molecule is COc1ccc(N2CCN(c3ccc(OC)nc3-c3ccc4c(c3)CC(C)(C)O4)CC2)cc1. The smallest absolute Gasteiger partial charge is 0.213 e. The first kappa shape index (κ1) is 21.4.